The van der Waals surface area contributed by atoms with E-state index >= 15 is 0 Å². The monoisotopic (exact) mass is 213 g/mol. The van der Waals surface area contributed by atoms with Crippen LogP contribution in [0, 0.1) is 0 Å². The maximum atomic E-state index is 6.16. The molecule has 82 valence electrons. The van der Waals surface area contributed by atoms with Crippen molar-refractivity contribution in [2.75, 3.05) is 6.61 Å². The van der Waals surface area contributed by atoms with Crippen molar-refractivity contribution in [3.05, 3.63) is 42.0 Å². The lowest BCUT2D eigenvalue weighted by Gasteiger charge is -2.14. The van der Waals surface area contributed by atoms with Gasteiger partial charge in [0.2, 0.25) is 0 Å². The van der Waals surface area contributed by atoms with Crippen LogP contribution in [0.3, 0.4) is 0 Å². The molecule has 0 unspecified atom stereocenters. The first-order chi connectivity index (χ1) is 7.86. The second kappa shape index (κ2) is 3.80. The number of hydrogen-bond donors (Lipinski definition) is 1. The summed E-state index contributed by atoms with van der Waals surface area (Å²) in [4.78, 5) is 0. The van der Waals surface area contributed by atoms with Crippen LogP contribution < -0.4 is 10.5 Å². The van der Waals surface area contributed by atoms with Crippen molar-refractivity contribution in [3.8, 4) is 5.75 Å². The van der Waals surface area contributed by atoms with E-state index in [1.165, 1.54) is 10.8 Å². The van der Waals surface area contributed by atoms with E-state index in [1.807, 2.05) is 12.1 Å². The Morgan fingerprint density at radius 3 is 2.94 bits per heavy atom. The van der Waals surface area contributed by atoms with E-state index in [-0.39, 0.29) is 6.04 Å². The highest BCUT2D eigenvalue weighted by Gasteiger charge is 2.18. The number of ether oxygens (including phenoxy) is 1. The van der Waals surface area contributed by atoms with Gasteiger partial charge in [-0.3, -0.25) is 0 Å². The maximum absolute atomic E-state index is 6.16. The van der Waals surface area contributed by atoms with Gasteiger partial charge in [-0.2, -0.15) is 0 Å². The van der Waals surface area contributed by atoms with E-state index in [1.54, 1.807) is 0 Å². The molecule has 1 atom stereocenters. The van der Waals surface area contributed by atoms with Crippen LogP contribution in [0.4, 0.5) is 0 Å². The summed E-state index contributed by atoms with van der Waals surface area (Å²) >= 11 is 0. The second-order valence-electron chi connectivity index (χ2n) is 4.30. The Balaban J connectivity index is 2.28. The SMILES string of the molecule is N[C@@H]1CCCOc2c1ccc1ccccc21. The van der Waals surface area contributed by atoms with Crippen molar-refractivity contribution >= 4 is 10.8 Å². The molecule has 2 aromatic rings. The average molecular weight is 213 g/mol. The van der Waals surface area contributed by atoms with Crippen molar-refractivity contribution in [1.82, 2.24) is 0 Å². The fourth-order valence-electron chi connectivity index (χ4n) is 2.35. The topological polar surface area (TPSA) is 35.2 Å². The van der Waals surface area contributed by atoms with E-state index in [2.05, 4.69) is 24.3 Å². The summed E-state index contributed by atoms with van der Waals surface area (Å²) in [5.74, 6) is 0.989. The summed E-state index contributed by atoms with van der Waals surface area (Å²) in [5.41, 5.74) is 7.31. The summed E-state index contributed by atoms with van der Waals surface area (Å²) in [6.45, 7) is 0.773. The van der Waals surface area contributed by atoms with Gasteiger partial charge in [-0.05, 0) is 18.2 Å². The van der Waals surface area contributed by atoms with Crippen molar-refractivity contribution in [3.63, 3.8) is 0 Å². The third kappa shape index (κ3) is 1.46. The van der Waals surface area contributed by atoms with Gasteiger partial charge < -0.3 is 10.5 Å². The summed E-state index contributed by atoms with van der Waals surface area (Å²) in [7, 11) is 0. The third-order valence-electron chi connectivity index (χ3n) is 3.22. The Hall–Kier alpha value is -1.54. The summed E-state index contributed by atoms with van der Waals surface area (Å²) in [5, 5.41) is 2.40. The van der Waals surface area contributed by atoms with Gasteiger partial charge in [-0.1, -0.05) is 36.4 Å². The molecule has 2 aromatic carbocycles. The zero-order valence-electron chi connectivity index (χ0n) is 9.15. The van der Waals surface area contributed by atoms with Gasteiger partial charge in [0, 0.05) is 17.0 Å². The van der Waals surface area contributed by atoms with Crippen LogP contribution in [-0.2, 0) is 0 Å². The number of hydrogen-bond acceptors (Lipinski definition) is 2. The van der Waals surface area contributed by atoms with E-state index in [0.29, 0.717) is 0 Å². The molecule has 0 bridgehead atoms. The van der Waals surface area contributed by atoms with Crippen LogP contribution in [-0.4, -0.2) is 6.61 Å². The molecule has 2 nitrogen and oxygen atoms in total. The Bertz CT molecular complexity index is 521. The molecule has 0 aliphatic carbocycles. The first-order valence-electron chi connectivity index (χ1n) is 5.76. The lowest BCUT2D eigenvalue weighted by molar-refractivity contribution is 0.319. The van der Waals surface area contributed by atoms with Crippen LogP contribution in [0.5, 0.6) is 5.75 Å². The lowest BCUT2D eigenvalue weighted by Crippen LogP contribution is -2.08. The first kappa shape index (κ1) is 9.67. The summed E-state index contributed by atoms with van der Waals surface area (Å²) in [6, 6.07) is 12.6. The van der Waals surface area contributed by atoms with Gasteiger partial charge in [0.05, 0.1) is 6.61 Å². The highest BCUT2D eigenvalue weighted by Crippen LogP contribution is 2.36. The summed E-state index contributed by atoms with van der Waals surface area (Å²) < 4.78 is 5.85. The molecule has 3 rings (SSSR count). The average Bonchev–Trinajstić information content (AvgIpc) is 2.52. The molecule has 0 spiro atoms. The molecule has 1 aliphatic rings. The molecule has 0 saturated carbocycles. The quantitative estimate of drug-likeness (QED) is 0.730. The Kier molecular flexibility index (Phi) is 2.29. The van der Waals surface area contributed by atoms with Crippen molar-refractivity contribution in [2.24, 2.45) is 5.73 Å². The normalized spacial score (nSPS) is 19.9. The smallest absolute Gasteiger partial charge is 0.131 e. The molecule has 1 aliphatic heterocycles. The van der Waals surface area contributed by atoms with Gasteiger partial charge in [0.25, 0.3) is 0 Å². The molecule has 1 heterocycles. The van der Waals surface area contributed by atoms with Crippen LogP contribution >= 0.6 is 0 Å². The summed E-state index contributed by atoms with van der Waals surface area (Å²) in [6.07, 6.45) is 2.04. The minimum Gasteiger partial charge on any atom is -0.493 e. The largest absolute Gasteiger partial charge is 0.493 e. The maximum Gasteiger partial charge on any atom is 0.131 e. The van der Waals surface area contributed by atoms with Crippen molar-refractivity contribution in [2.45, 2.75) is 18.9 Å². The molecule has 2 N–H and O–H groups in total. The predicted octanol–water partition coefficient (Wildman–Crippen LogP) is 3.01. The molecule has 16 heavy (non-hydrogen) atoms. The zero-order chi connectivity index (χ0) is 11.0. The van der Waals surface area contributed by atoms with Crippen LogP contribution in [0.25, 0.3) is 10.8 Å². The fourth-order valence-corrected chi connectivity index (χ4v) is 2.35. The van der Waals surface area contributed by atoms with Gasteiger partial charge in [0.1, 0.15) is 5.75 Å². The van der Waals surface area contributed by atoms with E-state index < -0.39 is 0 Å². The van der Waals surface area contributed by atoms with E-state index in [0.717, 1.165) is 30.8 Å². The van der Waals surface area contributed by atoms with Crippen LogP contribution in [0.15, 0.2) is 36.4 Å². The molecular weight excluding hydrogens is 198 g/mol. The highest BCUT2D eigenvalue weighted by atomic mass is 16.5. The fraction of sp³-hybridized carbons (Fsp3) is 0.286. The molecule has 0 fully saturated rings. The standard InChI is InChI=1S/C14H15NO/c15-13-6-3-9-16-14-11-5-2-1-4-10(11)7-8-12(13)14/h1-2,4-5,7-8,13H,3,6,9,15H2/t13-/m1/s1. The highest BCUT2D eigenvalue weighted by molar-refractivity contribution is 5.89. The molecule has 0 radical (unpaired) electrons. The van der Waals surface area contributed by atoms with Crippen molar-refractivity contribution in [1.29, 1.82) is 0 Å². The number of benzene rings is 2. The van der Waals surface area contributed by atoms with Crippen LogP contribution in [0.1, 0.15) is 24.4 Å². The van der Waals surface area contributed by atoms with E-state index in [4.69, 9.17) is 10.5 Å². The predicted molar refractivity (Wildman–Crippen MR) is 65.6 cm³/mol. The number of nitrogens with two attached hydrogens (primary N) is 1. The Morgan fingerprint density at radius 2 is 2.00 bits per heavy atom. The Morgan fingerprint density at radius 1 is 1.12 bits per heavy atom. The van der Waals surface area contributed by atoms with Gasteiger partial charge >= 0.3 is 0 Å². The van der Waals surface area contributed by atoms with E-state index in [9.17, 15) is 0 Å². The van der Waals surface area contributed by atoms with Crippen LogP contribution in [0.2, 0.25) is 0 Å². The zero-order valence-corrected chi connectivity index (χ0v) is 9.15. The molecule has 2 heteroatoms. The second-order valence-corrected chi connectivity index (χ2v) is 4.30. The lowest BCUT2D eigenvalue weighted by atomic mass is 9.99. The van der Waals surface area contributed by atoms with Gasteiger partial charge in [-0.25, -0.2) is 0 Å². The van der Waals surface area contributed by atoms with Crippen molar-refractivity contribution < 1.29 is 4.74 Å². The Labute approximate surface area is 95.0 Å². The number of fused-ring (bicyclic) bond motifs is 3. The van der Waals surface area contributed by atoms with Gasteiger partial charge in [0.15, 0.2) is 0 Å². The minimum atomic E-state index is 0.113. The number of rotatable bonds is 0. The third-order valence-corrected chi connectivity index (χ3v) is 3.22. The molecule has 0 aromatic heterocycles. The first-order valence-corrected chi connectivity index (χ1v) is 5.76. The molecule has 0 saturated heterocycles. The van der Waals surface area contributed by atoms with Gasteiger partial charge in [-0.15, -0.1) is 0 Å². The molecular formula is C14H15NO. The minimum absolute atomic E-state index is 0.113. The molecule has 0 amide bonds.